The molecule has 1 heterocycles. The predicted octanol–water partition coefficient (Wildman–Crippen LogP) is 5.95. The summed E-state index contributed by atoms with van der Waals surface area (Å²) in [4.78, 5) is 0. The highest BCUT2D eigenvalue weighted by Crippen LogP contribution is 2.43. The quantitative estimate of drug-likeness (QED) is 0.463. The van der Waals surface area contributed by atoms with Crippen LogP contribution in [-0.4, -0.2) is 28.4 Å². The minimum Gasteiger partial charge on any atom is -0.493 e. The number of fused-ring (bicyclic) bond motifs is 1. The molecule has 0 N–H and O–H groups in total. The molecule has 0 saturated heterocycles. The van der Waals surface area contributed by atoms with Crippen LogP contribution in [0.3, 0.4) is 0 Å². The highest BCUT2D eigenvalue weighted by Gasteiger charge is 2.25. The second kappa shape index (κ2) is 9.52. The van der Waals surface area contributed by atoms with Crippen LogP contribution in [0.4, 0.5) is 0 Å². The van der Waals surface area contributed by atoms with Gasteiger partial charge in [-0.05, 0) is 41.0 Å². The van der Waals surface area contributed by atoms with Crippen LogP contribution in [0.15, 0.2) is 72.3 Å². The van der Waals surface area contributed by atoms with Crippen LogP contribution in [0.5, 0.6) is 28.7 Å². The van der Waals surface area contributed by atoms with Gasteiger partial charge in [0.2, 0.25) is 5.75 Å². The van der Waals surface area contributed by atoms with Gasteiger partial charge in [0.05, 0.1) is 28.4 Å². The fraction of sp³-hybridized carbons (Fsp3) is 0.185. The highest BCUT2D eigenvalue weighted by molar-refractivity contribution is 5.72. The van der Waals surface area contributed by atoms with E-state index in [-0.39, 0.29) is 6.10 Å². The number of rotatable bonds is 7. The lowest BCUT2D eigenvalue weighted by atomic mass is 9.95. The van der Waals surface area contributed by atoms with Crippen LogP contribution in [0.1, 0.15) is 22.8 Å². The smallest absolute Gasteiger partial charge is 0.203 e. The molecular formula is C27H26O5. The Morgan fingerprint density at radius 3 is 2.03 bits per heavy atom. The van der Waals surface area contributed by atoms with Gasteiger partial charge in [0.1, 0.15) is 6.10 Å². The Morgan fingerprint density at radius 1 is 0.719 bits per heavy atom. The summed E-state index contributed by atoms with van der Waals surface area (Å²) in [6, 6.07) is 19.9. The zero-order valence-electron chi connectivity index (χ0n) is 18.6. The number of hydrogen-bond acceptors (Lipinski definition) is 5. The maximum Gasteiger partial charge on any atom is 0.203 e. The molecule has 1 unspecified atom stereocenters. The molecule has 0 bridgehead atoms. The standard InChI is InChI=1S/C27H26O5/c1-28-22-12-8-11-20-17-21(25(32-26(20)22)19-9-6-5-7-10-19)14-13-18-15-23(29-2)27(31-4)24(16-18)30-3/h5-17,25H,1-4H3/b14-13+. The second-order valence-corrected chi connectivity index (χ2v) is 7.22. The van der Waals surface area contributed by atoms with Crippen LogP contribution in [0.25, 0.3) is 12.2 Å². The summed E-state index contributed by atoms with van der Waals surface area (Å²) in [6.07, 6.45) is 5.94. The Labute approximate surface area is 188 Å². The number of methoxy groups -OCH3 is 4. The molecule has 164 valence electrons. The molecule has 0 saturated carbocycles. The summed E-state index contributed by atoms with van der Waals surface area (Å²) >= 11 is 0. The van der Waals surface area contributed by atoms with E-state index >= 15 is 0 Å². The summed E-state index contributed by atoms with van der Waals surface area (Å²) in [6.45, 7) is 0. The molecule has 3 aromatic rings. The Balaban J connectivity index is 1.77. The molecule has 1 aliphatic rings. The van der Waals surface area contributed by atoms with Crippen molar-refractivity contribution in [2.24, 2.45) is 0 Å². The van der Waals surface area contributed by atoms with Gasteiger partial charge in [-0.15, -0.1) is 0 Å². The second-order valence-electron chi connectivity index (χ2n) is 7.22. The molecule has 3 aromatic carbocycles. The molecule has 4 rings (SSSR count). The molecule has 1 atom stereocenters. The van der Waals surface area contributed by atoms with E-state index in [1.165, 1.54) is 0 Å². The van der Waals surface area contributed by atoms with Crippen molar-refractivity contribution in [1.82, 2.24) is 0 Å². The maximum absolute atomic E-state index is 6.45. The molecule has 0 aliphatic carbocycles. The van der Waals surface area contributed by atoms with Crippen LogP contribution in [0, 0.1) is 0 Å². The Hall–Kier alpha value is -3.86. The fourth-order valence-electron chi connectivity index (χ4n) is 3.79. The van der Waals surface area contributed by atoms with Gasteiger partial charge in [-0.1, -0.05) is 54.6 Å². The molecule has 32 heavy (non-hydrogen) atoms. The van der Waals surface area contributed by atoms with Gasteiger partial charge in [-0.3, -0.25) is 0 Å². The molecule has 1 aliphatic heterocycles. The van der Waals surface area contributed by atoms with E-state index in [0.717, 1.165) is 28.0 Å². The molecule has 0 radical (unpaired) electrons. The van der Waals surface area contributed by atoms with Crippen molar-refractivity contribution in [2.75, 3.05) is 28.4 Å². The first-order valence-corrected chi connectivity index (χ1v) is 10.3. The molecule has 0 fully saturated rings. The molecular weight excluding hydrogens is 404 g/mol. The lowest BCUT2D eigenvalue weighted by Crippen LogP contribution is -2.14. The normalized spacial score (nSPS) is 14.9. The average molecular weight is 431 g/mol. The topological polar surface area (TPSA) is 46.2 Å². The first-order valence-electron chi connectivity index (χ1n) is 10.3. The SMILES string of the molecule is COc1cccc2c1OC(c1ccccc1)C(/C=C/c1cc(OC)c(OC)c(OC)c1)=C2. The van der Waals surface area contributed by atoms with E-state index in [0.29, 0.717) is 23.0 Å². The van der Waals surface area contributed by atoms with Crippen molar-refractivity contribution >= 4 is 12.2 Å². The lowest BCUT2D eigenvalue weighted by molar-refractivity contribution is 0.230. The highest BCUT2D eigenvalue weighted by atomic mass is 16.5. The minimum atomic E-state index is -0.265. The summed E-state index contributed by atoms with van der Waals surface area (Å²) in [7, 11) is 6.46. The van der Waals surface area contributed by atoms with Crippen LogP contribution in [0.2, 0.25) is 0 Å². The third-order valence-electron chi connectivity index (χ3n) is 5.35. The van der Waals surface area contributed by atoms with Crippen LogP contribution in [-0.2, 0) is 0 Å². The summed E-state index contributed by atoms with van der Waals surface area (Å²) < 4.78 is 28.4. The van der Waals surface area contributed by atoms with E-state index < -0.39 is 0 Å². The van der Waals surface area contributed by atoms with Crippen molar-refractivity contribution in [3.63, 3.8) is 0 Å². The van der Waals surface area contributed by atoms with Gasteiger partial charge in [0.25, 0.3) is 0 Å². The van der Waals surface area contributed by atoms with Crippen LogP contribution < -0.4 is 23.7 Å². The Kier molecular flexibility index (Phi) is 6.36. The third kappa shape index (κ3) is 4.14. The number of hydrogen-bond donors (Lipinski definition) is 0. The van der Waals surface area contributed by atoms with E-state index in [4.69, 9.17) is 23.7 Å². The first-order chi connectivity index (χ1) is 15.7. The predicted molar refractivity (Wildman–Crippen MR) is 126 cm³/mol. The summed E-state index contributed by atoms with van der Waals surface area (Å²) in [5.74, 6) is 3.24. The summed E-state index contributed by atoms with van der Waals surface area (Å²) in [5, 5.41) is 0. The van der Waals surface area contributed by atoms with E-state index in [1.54, 1.807) is 28.4 Å². The molecule has 0 amide bonds. The van der Waals surface area contributed by atoms with Gasteiger partial charge < -0.3 is 23.7 Å². The largest absolute Gasteiger partial charge is 0.493 e. The van der Waals surface area contributed by atoms with Gasteiger partial charge in [0, 0.05) is 5.56 Å². The number of para-hydroxylation sites is 1. The number of benzene rings is 3. The fourth-order valence-corrected chi connectivity index (χ4v) is 3.79. The van der Waals surface area contributed by atoms with E-state index in [2.05, 4.69) is 24.3 Å². The molecule has 0 spiro atoms. The Bertz CT molecular complexity index is 1120. The van der Waals surface area contributed by atoms with Crippen molar-refractivity contribution in [2.45, 2.75) is 6.10 Å². The van der Waals surface area contributed by atoms with E-state index in [9.17, 15) is 0 Å². The Morgan fingerprint density at radius 2 is 1.41 bits per heavy atom. The van der Waals surface area contributed by atoms with Crippen molar-refractivity contribution in [3.8, 4) is 28.7 Å². The van der Waals surface area contributed by atoms with Crippen molar-refractivity contribution < 1.29 is 23.7 Å². The van der Waals surface area contributed by atoms with Gasteiger partial charge in [-0.25, -0.2) is 0 Å². The average Bonchev–Trinajstić information content (AvgIpc) is 2.86. The van der Waals surface area contributed by atoms with Crippen LogP contribution >= 0.6 is 0 Å². The zero-order chi connectivity index (χ0) is 22.5. The monoisotopic (exact) mass is 430 g/mol. The zero-order valence-corrected chi connectivity index (χ0v) is 18.6. The molecule has 0 aromatic heterocycles. The van der Waals surface area contributed by atoms with E-state index in [1.807, 2.05) is 54.6 Å². The third-order valence-corrected chi connectivity index (χ3v) is 5.35. The first kappa shape index (κ1) is 21.4. The molecule has 5 heteroatoms. The van der Waals surface area contributed by atoms with Crippen molar-refractivity contribution in [1.29, 1.82) is 0 Å². The number of ether oxygens (including phenoxy) is 5. The van der Waals surface area contributed by atoms with Crippen molar-refractivity contribution in [3.05, 3.63) is 89.0 Å². The maximum atomic E-state index is 6.45. The van der Waals surface area contributed by atoms with Gasteiger partial charge in [0.15, 0.2) is 23.0 Å². The van der Waals surface area contributed by atoms with Gasteiger partial charge >= 0.3 is 0 Å². The lowest BCUT2D eigenvalue weighted by Gasteiger charge is -2.27. The summed E-state index contributed by atoms with van der Waals surface area (Å²) in [5.41, 5.74) is 3.97. The minimum absolute atomic E-state index is 0.265. The molecule has 5 nitrogen and oxygen atoms in total. The van der Waals surface area contributed by atoms with Gasteiger partial charge in [-0.2, -0.15) is 0 Å².